The average Bonchev–Trinajstić information content (AvgIpc) is 2.27. The Morgan fingerprint density at radius 2 is 2.12 bits per heavy atom. The minimum Gasteiger partial charge on any atom is -0.395 e. The highest BCUT2D eigenvalue weighted by molar-refractivity contribution is 7.99. The van der Waals surface area contributed by atoms with Crippen LogP contribution < -0.4 is 10.6 Å². The Kier molecular flexibility index (Phi) is 7.33. The molecule has 0 aliphatic heterocycles. The number of nitriles is 1. The van der Waals surface area contributed by atoms with Crippen LogP contribution in [-0.2, 0) is 9.59 Å². The summed E-state index contributed by atoms with van der Waals surface area (Å²) >= 11 is 1.40. The number of hydrogen-bond donors (Lipinski definition) is 3. The molecule has 0 saturated carbocycles. The molecular formula is C9H15N3O3S. The molecule has 0 aromatic rings. The Hall–Kier alpha value is -1.26. The van der Waals surface area contributed by atoms with Gasteiger partial charge in [-0.3, -0.25) is 9.59 Å². The molecule has 0 heterocycles. The van der Waals surface area contributed by atoms with Crippen LogP contribution in [0, 0.1) is 11.3 Å². The molecule has 0 fully saturated rings. The molecule has 7 heteroatoms. The summed E-state index contributed by atoms with van der Waals surface area (Å²) in [5.74, 6) is -1.64. The van der Waals surface area contributed by atoms with Crippen molar-refractivity contribution in [3.63, 3.8) is 0 Å². The van der Waals surface area contributed by atoms with Crippen molar-refractivity contribution >= 4 is 23.6 Å². The number of nitrogens with one attached hydrogen (secondary N) is 2. The lowest BCUT2D eigenvalue weighted by atomic mass is 10.2. The van der Waals surface area contributed by atoms with Gasteiger partial charge >= 0.3 is 11.8 Å². The summed E-state index contributed by atoms with van der Waals surface area (Å²) in [7, 11) is 0. The van der Waals surface area contributed by atoms with Gasteiger partial charge in [0.2, 0.25) is 0 Å². The second kappa shape index (κ2) is 7.96. The highest BCUT2D eigenvalue weighted by Gasteiger charge is 2.20. The zero-order chi connectivity index (χ0) is 12.6. The quantitative estimate of drug-likeness (QED) is 0.419. The average molecular weight is 245 g/mol. The number of thioether (sulfide) groups is 1. The number of carbonyl (C=O) groups excluding carboxylic acids is 2. The van der Waals surface area contributed by atoms with Crippen LogP contribution in [0.3, 0.4) is 0 Å². The van der Waals surface area contributed by atoms with E-state index in [1.54, 1.807) is 19.2 Å². The number of rotatable bonds is 5. The standard InChI is InChI=1S/C9H15N3O3S/c1-6(7(5-13)16-2)12-9(15)8(14)11-4-3-10/h6-7,13H,4-5H2,1-2H3,(H,11,14)(H,12,15). The van der Waals surface area contributed by atoms with Crippen LogP contribution in [0.4, 0.5) is 0 Å². The zero-order valence-corrected chi connectivity index (χ0v) is 10.0. The third-order valence-electron chi connectivity index (χ3n) is 1.93. The monoisotopic (exact) mass is 245 g/mol. The van der Waals surface area contributed by atoms with E-state index in [2.05, 4.69) is 10.6 Å². The first-order chi connectivity index (χ1) is 7.56. The van der Waals surface area contributed by atoms with Gasteiger partial charge < -0.3 is 15.7 Å². The Morgan fingerprint density at radius 1 is 1.50 bits per heavy atom. The van der Waals surface area contributed by atoms with Gasteiger partial charge in [0.15, 0.2) is 0 Å². The van der Waals surface area contributed by atoms with Crippen LogP contribution in [0.1, 0.15) is 6.92 Å². The van der Waals surface area contributed by atoms with Crippen LogP contribution in [0.2, 0.25) is 0 Å². The molecule has 0 bridgehead atoms. The van der Waals surface area contributed by atoms with Gasteiger partial charge in [0.05, 0.1) is 12.7 Å². The van der Waals surface area contributed by atoms with E-state index in [4.69, 9.17) is 10.4 Å². The molecule has 0 spiro atoms. The number of aliphatic hydroxyl groups excluding tert-OH is 1. The first-order valence-electron chi connectivity index (χ1n) is 4.66. The summed E-state index contributed by atoms with van der Waals surface area (Å²) in [6.45, 7) is 1.42. The third-order valence-corrected chi connectivity index (χ3v) is 3.10. The number of aliphatic hydroxyl groups is 1. The van der Waals surface area contributed by atoms with E-state index in [0.29, 0.717) is 0 Å². The fourth-order valence-corrected chi connectivity index (χ4v) is 1.63. The highest BCUT2D eigenvalue weighted by Crippen LogP contribution is 2.09. The van der Waals surface area contributed by atoms with Crippen molar-refractivity contribution in [1.82, 2.24) is 10.6 Å². The summed E-state index contributed by atoms with van der Waals surface area (Å²) in [6.07, 6.45) is 1.80. The van der Waals surface area contributed by atoms with Crippen LogP contribution in [0.15, 0.2) is 0 Å². The predicted molar refractivity (Wildman–Crippen MR) is 60.6 cm³/mol. The minimum atomic E-state index is -0.841. The molecule has 0 saturated heterocycles. The molecule has 0 radical (unpaired) electrons. The summed E-state index contributed by atoms with van der Waals surface area (Å²) in [5.41, 5.74) is 0. The first-order valence-corrected chi connectivity index (χ1v) is 5.94. The number of amides is 2. The van der Waals surface area contributed by atoms with Gasteiger partial charge in [-0.15, -0.1) is 0 Å². The van der Waals surface area contributed by atoms with Crippen molar-refractivity contribution in [3.8, 4) is 6.07 Å². The van der Waals surface area contributed by atoms with Crippen molar-refractivity contribution in [2.24, 2.45) is 0 Å². The molecule has 2 atom stereocenters. The predicted octanol–water partition coefficient (Wildman–Crippen LogP) is -1.15. The molecule has 0 aromatic carbocycles. The van der Waals surface area contributed by atoms with Gasteiger partial charge in [-0.25, -0.2) is 0 Å². The second-order valence-corrected chi connectivity index (χ2v) is 4.14. The van der Waals surface area contributed by atoms with Gasteiger partial charge in [0.1, 0.15) is 6.54 Å². The summed E-state index contributed by atoms with van der Waals surface area (Å²) in [4.78, 5) is 22.4. The van der Waals surface area contributed by atoms with Crippen LogP contribution >= 0.6 is 11.8 Å². The van der Waals surface area contributed by atoms with Crippen LogP contribution in [0.5, 0.6) is 0 Å². The van der Waals surface area contributed by atoms with Crippen LogP contribution in [0.25, 0.3) is 0 Å². The Morgan fingerprint density at radius 3 is 2.56 bits per heavy atom. The second-order valence-electron chi connectivity index (χ2n) is 3.06. The molecule has 16 heavy (non-hydrogen) atoms. The number of nitrogens with zero attached hydrogens (tertiary/aromatic N) is 1. The molecular weight excluding hydrogens is 230 g/mol. The van der Waals surface area contributed by atoms with Crippen molar-refractivity contribution in [3.05, 3.63) is 0 Å². The Bertz CT molecular complexity index is 286. The molecule has 0 aliphatic rings. The molecule has 2 unspecified atom stereocenters. The normalized spacial score (nSPS) is 13.4. The summed E-state index contributed by atoms with van der Waals surface area (Å²) < 4.78 is 0. The van der Waals surface area contributed by atoms with E-state index >= 15 is 0 Å². The fourth-order valence-electron chi connectivity index (χ4n) is 1.00. The van der Waals surface area contributed by atoms with Crippen molar-refractivity contribution < 1.29 is 14.7 Å². The molecule has 3 N–H and O–H groups in total. The van der Waals surface area contributed by atoms with E-state index in [0.717, 1.165) is 0 Å². The van der Waals surface area contributed by atoms with Gasteiger partial charge in [-0.1, -0.05) is 0 Å². The van der Waals surface area contributed by atoms with E-state index in [-0.39, 0.29) is 24.4 Å². The van der Waals surface area contributed by atoms with Crippen LogP contribution in [-0.4, -0.2) is 47.6 Å². The molecule has 2 amide bonds. The molecule has 90 valence electrons. The van der Waals surface area contributed by atoms with Gasteiger partial charge in [-0.05, 0) is 13.2 Å². The first kappa shape index (κ1) is 14.7. The molecule has 0 aromatic heterocycles. The lowest BCUT2D eigenvalue weighted by Crippen LogP contribution is -2.47. The van der Waals surface area contributed by atoms with E-state index < -0.39 is 11.8 Å². The lowest BCUT2D eigenvalue weighted by molar-refractivity contribution is -0.139. The lowest BCUT2D eigenvalue weighted by Gasteiger charge is -2.20. The molecule has 6 nitrogen and oxygen atoms in total. The smallest absolute Gasteiger partial charge is 0.310 e. The number of hydrogen-bond acceptors (Lipinski definition) is 5. The summed E-state index contributed by atoms with van der Waals surface area (Å²) in [5, 5.41) is 21.6. The van der Waals surface area contributed by atoms with Gasteiger partial charge in [0, 0.05) is 11.3 Å². The fraction of sp³-hybridized carbons (Fsp3) is 0.667. The van der Waals surface area contributed by atoms with E-state index in [1.807, 2.05) is 0 Å². The zero-order valence-electron chi connectivity index (χ0n) is 9.19. The van der Waals surface area contributed by atoms with Gasteiger partial charge in [-0.2, -0.15) is 17.0 Å². The van der Waals surface area contributed by atoms with Crippen molar-refractivity contribution in [1.29, 1.82) is 5.26 Å². The maximum absolute atomic E-state index is 11.3. The van der Waals surface area contributed by atoms with Crippen molar-refractivity contribution in [2.75, 3.05) is 19.4 Å². The highest BCUT2D eigenvalue weighted by atomic mass is 32.2. The molecule has 0 aliphatic carbocycles. The van der Waals surface area contributed by atoms with Gasteiger partial charge in [0.25, 0.3) is 0 Å². The Balaban J connectivity index is 4.13. The van der Waals surface area contributed by atoms with E-state index in [1.165, 1.54) is 11.8 Å². The third kappa shape index (κ3) is 5.00. The molecule has 0 rings (SSSR count). The van der Waals surface area contributed by atoms with Crippen molar-refractivity contribution in [2.45, 2.75) is 18.2 Å². The Labute approximate surface area is 98.4 Å². The largest absolute Gasteiger partial charge is 0.395 e. The topological polar surface area (TPSA) is 102 Å². The SMILES string of the molecule is CSC(CO)C(C)NC(=O)C(=O)NCC#N. The van der Waals surface area contributed by atoms with E-state index in [9.17, 15) is 9.59 Å². The maximum atomic E-state index is 11.3. The summed E-state index contributed by atoms with van der Waals surface area (Å²) in [6, 6.07) is 1.38. The minimum absolute atomic E-state index is 0.0809. The number of carbonyl (C=O) groups is 2. The maximum Gasteiger partial charge on any atom is 0.310 e.